The molecule has 1 rings (SSSR count). The highest BCUT2D eigenvalue weighted by atomic mass is 16.6. The van der Waals surface area contributed by atoms with Gasteiger partial charge in [0.15, 0.2) is 5.78 Å². The van der Waals surface area contributed by atoms with E-state index in [-0.39, 0.29) is 17.9 Å². The predicted octanol–water partition coefficient (Wildman–Crippen LogP) is 2.09. The number of Topliss-reactive ketones (excluding diaryl/α,β-unsaturated/α-hetero) is 1. The molecular formula is C14H17NO5. The van der Waals surface area contributed by atoms with E-state index in [4.69, 9.17) is 9.84 Å². The smallest absolute Gasteiger partial charge is 0.408 e. The monoisotopic (exact) mass is 279 g/mol. The third-order valence-electron chi connectivity index (χ3n) is 2.25. The lowest BCUT2D eigenvalue weighted by molar-refractivity contribution is 0.0520. The molecule has 0 spiro atoms. The van der Waals surface area contributed by atoms with E-state index in [9.17, 15) is 14.4 Å². The van der Waals surface area contributed by atoms with Crippen LogP contribution in [-0.4, -0.2) is 35.1 Å². The minimum Gasteiger partial charge on any atom is -0.478 e. The number of carbonyl (C=O) groups excluding carboxylic acids is 2. The third kappa shape index (κ3) is 5.09. The highest BCUT2D eigenvalue weighted by Crippen LogP contribution is 2.07. The summed E-state index contributed by atoms with van der Waals surface area (Å²) in [4.78, 5) is 33.8. The summed E-state index contributed by atoms with van der Waals surface area (Å²) in [6.45, 7) is 4.96. The van der Waals surface area contributed by atoms with Crippen molar-refractivity contribution in [2.75, 3.05) is 6.54 Å². The van der Waals surface area contributed by atoms with Crippen molar-refractivity contribution in [2.24, 2.45) is 0 Å². The normalized spacial score (nSPS) is 10.8. The quantitative estimate of drug-likeness (QED) is 0.823. The number of carboxylic acids is 1. The molecule has 2 N–H and O–H groups in total. The van der Waals surface area contributed by atoms with Gasteiger partial charge in [-0.1, -0.05) is 12.1 Å². The van der Waals surface area contributed by atoms with Crippen LogP contribution in [0.1, 0.15) is 41.5 Å². The molecule has 0 saturated heterocycles. The average Bonchev–Trinajstić information content (AvgIpc) is 2.34. The van der Waals surface area contributed by atoms with Gasteiger partial charge >= 0.3 is 12.1 Å². The van der Waals surface area contributed by atoms with Gasteiger partial charge in [0.05, 0.1) is 12.1 Å². The molecule has 0 heterocycles. The van der Waals surface area contributed by atoms with Crippen LogP contribution in [0.25, 0.3) is 0 Å². The standard InChI is InChI=1S/C14H17NO5/c1-14(2,3)20-13(19)15-8-11(16)9-4-6-10(7-5-9)12(17)18/h4-7H,8H2,1-3H3,(H,15,19)(H,17,18). The van der Waals surface area contributed by atoms with E-state index < -0.39 is 17.7 Å². The van der Waals surface area contributed by atoms with Crippen molar-refractivity contribution < 1.29 is 24.2 Å². The van der Waals surface area contributed by atoms with E-state index in [2.05, 4.69) is 5.32 Å². The summed E-state index contributed by atoms with van der Waals surface area (Å²) >= 11 is 0. The minimum absolute atomic E-state index is 0.0988. The van der Waals surface area contributed by atoms with Gasteiger partial charge in [0, 0.05) is 5.56 Å². The molecule has 6 heteroatoms. The molecular weight excluding hydrogens is 262 g/mol. The van der Waals surface area contributed by atoms with Gasteiger partial charge in [-0.2, -0.15) is 0 Å². The Morgan fingerprint density at radius 1 is 1.10 bits per heavy atom. The van der Waals surface area contributed by atoms with Gasteiger partial charge in [-0.15, -0.1) is 0 Å². The van der Waals surface area contributed by atoms with Crippen molar-refractivity contribution in [1.29, 1.82) is 0 Å². The molecule has 0 saturated carbocycles. The summed E-state index contributed by atoms with van der Waals surface area (Å²) in [6.07, 6.45) is -0.673. The zero-order valence-corrected chi connectivity index (χ0v) is 11.6. The van der Waals surface area contributed by atoms with Gasteiger partial charge in [0.2, 0.25) is 0 Å². The van der Waals surface area contributed by atoms with Gasteiger partial charge < -0.3 is 15.2 Å². The number of aromatic carboxylic acids is 1. The summed E-state index contributed by atoms with van der Waals surface area (Å²) in [5.41, 5.74) is -0.205. The lowest BCUT2D eigenvalue weighted by Gasteiger charge is -2.19. The maximum Gasteiger partial charge on any atom is 0.408 e. The van der Waals surface area contributed by atoms with Crippen LogP contribution in [0.3, 0.4) is 0 Å². The lowest BCUT2D eigenvalue weighted by Crippen LogP contribution is -2.35. The molecule has 108 valence electrons. The van der Waals surface area contributed by atoms with Crippen molar-refractivity contribution in [3.8, 4) is 0 Å². The number of alkyl carbamates (subject to hydrolysis) is 1. The SMILES string of the molecule is CC(C)(C)OC(=O)NCC(=O)c1ccc(C(=O)O)cc1. The maximum atomic E-state index is 11.8. The Morgan fingerprint density at radius 2 is 1.60 bits per heavy atom. The van der Waals surface area contributed by atoms with E-state index in [1.165, 1.54) is 24.3 Å². The molecule has 1 aromatic carbocycles. The van der Waals surface area contributed by atoms with Gasteiger partial charge in [0.25, 0.3) is 0 Å². The Morgan fingerprint density at radius 3 is 2.05 bits per heavy atom. The van der Waals surface area contributed by atoms with Gasteiger partial charge in [-0.05, 0) is 32.9 Å². The Balaban J connectivity index is 2.55. The van der Waals surface area contributed by atoms with E-state index in [1.807, 2.05) is 0 Å². The van der Waals surface area contributed by atoms with Crippen molar-refractivity contribution in [3.05, 3.63) is 35.4 Å². The largest absolute Gasteiger partial charge is 0.478 e. The number of nitrogens with one attached hydrogen (secondary N) is 1. The molecule has 0 radical (unpaired) electrons. The fraction of sp³-hybridized carbons (Fsp3) is 0.357. The summed E-state index contributed by atoms with van der Waals surface area (Å²) < 4.78 is 4.99. The second kappa shape index (κ2) is 6.18. The fourth-order valence-corrected chi connectivity index (χ4v) is 1.37. The van der Waals surface area contributed by atoms with Gasteiger partial charge in [-0.3, -0.25) is 4.79 Å². The average molecular weight is 279 g/mol. The minimum atomic E-state index is -1.06. The molecule has 0 aliphatic rings. The molecule has 0 aromatic heterocycles. The number of rotatable bonds is 4. The van der Waals surface area contributed by atoms with Crippen LogP contribution < -0.4 is 5.32 Å². The molecule has 0 aliphatic heterocycles. The summed E-state index contributed by atoms with van der Waals surface area (Å²) in [7, 11) is 0. The molecule has 1 aromatic rings. The van der Waals surface area contributed by atoms with Crippen LogP contribution in [0.5, 0.6) is 0 Å². The highest BCUT2D eigenvalue weighted by molar-refractivity contribution is 5.99. The van der Waals surface area contributed by atoms with E-state index in [0.717, 1.165) is 0 Å². The van der Waals surface area contributed by atoms with Crippen molar-refractivity contribution in [3.63, 3.8) is 0 Å². The van der Waals surface area contributed by atoms with Crippen LogP contribution in [0.4, 0.5) is 4.79 Å². The van der Waals surface area contributed by atoms with Crippen LogP contribution in [0.2, 0.25) is 0 Å². The number of hydrogen-bond donors (Lipinski definition) is 2. The van der Waals surface area contributed by atoms with E-state index >= 15 is 0 Å². The number of carbonyl (C=O) groups is 3. The number of carboxylic acid groups (broad SMARTS) is 1. The summed E-state index contributed by atoms with van der Waals surface area (Å²) in [6, 6.07) is 5.48. The van der Waals surface area contributed by atoms with E-state index in [1.54, 1.807) is 20.8 Å². The Labute approximate surface area is 116 Å². The molecule has 6 nitrogen and oxygen atoms in total. The number of hydrogen-bond acceptors (Lipinski definition) is 4. The molecule has 0 atom stereocenters. The number of ketones is 1. The van der Waals surface area contributed by atoms with Crippen molar-refractivity contribution in [2.45, 2.75) is 26.4 Å². The number of ether oxygens (including phenoxy) is 1. The zero-order valence-electron chi connectivity index (χ0n) is 11.6. The van der Waals surface area contributed by atoms with Crippen molar-refractivity contribution in [1.82, 2.24) is 5.32 Å². The Bertz CT molecular complexity index is 513. The number of amides is 1. The predicted molar refractivity (Wildman–Crippen MR) is 72.0 cm³/mol. The third-order valence-corrected chi connectivity index (χ3v) is 2.25. The molecule has 20 heavy (non-hydrogen) atoms. The first-order chi connectivity index (χ1) is 9.19. The molecule has 0 unspecified atom stereocenters. The first-order valence-corrected chi connectivity index (χ1v) is 6.02. The van der Waals surface area contributed by atoms with Crippen LogP contribution >= 0.6 is 0 Å². The fourth-order valence-electron chi connectivity index (χ4n) is 1.37. The first-order valence-electron chi connectivity index (χ1n) is 6.02. The summed E-state index contributed by atoms with van der Waals surface area (Å²) in [5.74, 6) is -1.39. The Kier molecular flexibility index (Phi) is 4.85. The van der Waals surface area contributed by atoms with Crippen LogP contribution in [0, 0.1) is 0 Å². The topological polar surface area (TPSA) is 92.7 Å². The molecule has 0 bridgehead atoms. The molecule has 1 amide bonds. The van der Waals surface area contributed by atoms with Gasteiger partial charge in [-0.25, -0.2) is 9.59 Å². The molecule has 0 fully saturated rings. The van der Waals surface area contributed by atoms with Gasteiger partial charge in [0.1, 0.15) is 5.60 Å². The lowest BCUT2D eigenvalue weighted by atomic mass is 10.1. The highest BCUT2D eigenvalue weighted by Gasteiger charge is 2.17. The van der Waals surface area contributed by atoms with E-state index in [0.29, 0.717) is 5.56 Å². The first kappa shape index (κ1) is 15.7. The second-order valence-electron chi connectivity index (χ2n) is 5.16. The van der Waals surface area contributed by atoms with Crippen LogP contribution in [0.15, 0.2) is 24.3 Å². The zero-order chi connectivity index (χ0) is 15.3. The second-order valence-corrected chi connectivity index (χ2v) is 5.16. The maximum absolute atomic E-state index is 11.8. The number of benzene rings is 1. The van der Waals surface area contributed by atoms with Crippen LogP contribution in [-0.2, 0) is 4.74 Å². The Hall–Kier alpha value is -2.37. The van der Waals surface area contributed by atoms with Crippen molar-refractivity contribution >= 4 is 17.8 Å². The molecule has 0 aliphatic carbocycles. The summed E-state index contributed by atoms with van der Waals surface area (Å²) in [5, 5.41) is 11.1.